The average Bonchev–Trinajstić information content (AvgIpc) is 2.92. The fourth-order valence-corrected chi connectivity index (χ4v) is 2.77. The van der Waals surface area contributed by atoms with Crippen molar-refractivity contribution in [1.82, 2.24) is 14.9 Å². The van der Waals surface area contributed by atoms with Crippen molar-refractivity contribution in [2.45, 2.75) is 13.0 Å². The van der Waals surface area contributed by atoms with Crippen molar-refractivity contribution in [3.63, 3.8) is 0 Å². The second kappa shape index (κ2) is 7.36. The van der Waals surface area contributed by atoms with Gasteiger partial charge in [0.25, 0.3) is 0 Å². The van der Waals surface area contributed by atoms with Crippen LogP contribution >= 0.6 is 11.6 Å². The van der Waals surface area contributed by atoms with Crippen molar-refractivity contribution >= 4 is 40.1 Å². The molecule has 6 nitrogen and oxygen atoms in total. The smallest absolute Gasteiger partial charge is 0.244 e. The lowest BCUT2D eigenvalue weighted by molar-refractivity contribution is -0.120. The Hall–Kier alpha value is -2.86. The molecule has 1 heterocycles. The molecule has 2 N–H and O–H groups in total. The van der Waals surface area contributed by atoms with Gasteiger partial charge in [0.1, 0.15) is 12.4 Å². The molecule has 2 aromatic carbocycles. The quantitative estimate of drug-likeness (QED) is 0.737. The molecule has 0 aliphatic heterocycles. The minimum absolute atomic E-state index is 0.0549. The van der Waals surface area contributed by atoms with E-state index in [-0.39, 0.29) is 24.8 Å². The molecule has 0 aliphatic carbocycles. The van der Waals surface area contributed by atoms with E-state index in [0.717, 1.165) is 11.0 Å². The predicted molar refractivity (Wildman–Crippen MR) is 97.6 cm³/mol. The number of carbonyl (C=O) groups excluding carboxylic acids is 2. The zero-order valence-electron chi connectivity index (χ0n) is 13.6. The number of nitrogens with one attached hydrogen (secondary N) is 2. The summed E-state index contributed by atoms with van der Waals surface area (Å²) in [5, 5.41) is 5.93. The first-order chi connectivity index (χ1) is 12.1. The van der Waals surface area contributed by atoms with Crippen LogP contribution in [-0.2, 0) is 22.6 Å². The summed E-state index contributed by atoms with van der Waals surface area (Å²) in [7, 11) is 1.57. The number of carbonyl (C=O) groups is 2. The summed E-state index contributed by atoms with van der Waals surface area (Å²) in [6.45, 7) is 0.0549. The molecule has 0 atom stereocenters. The van der Waals surface area contributed by atoms with Crippen LogP contribution < -0.4 is 10.6 Å². The van der Waals surface area contributed by atoms with Gasteiger partial charge in [-0.3, -0.25) is 9.59 Å². The van der Waals surface area contributed by atoms with E-state index in [9.17, 15) is 9.59 Å². The van der Waals surface area contributed by atoms with Gasteiger partial charge >= 0.3 is 0 Å². The number of para-hydroxylation sites is 2. The largest absolute Gasteiger partial charge is 0.359 e. The van der Waals surface area contributed by atoms with E-state index in [1.165, 1.54) is 0 Å². The standard InChI is InChI=1S/C18H17ClN4O2/c1-20-17(24)10-16-22-14-7-2-3-8-15(14)23(16)11-18(25)21-13-6-4-5-12(19)9-13/h2-9H,10-11H2,1H3,(H,20,24)(H,21,25). The molecule has 0 unspecified atom stereocenters. The van der Waals surface area contributed by atoms with Crippen LogP contribution in [0.25, 0.3) is 11.0 Å². The van der Waals surface area contributed by atoms with Crippen molar-refractivity contribution in [2.24, 2.45) is 0 Å². The number of anilines is 1. The minimum Gasteiger partial charge on any atom is -0.359 e. The van der Waals surface area contributed by atoms with Crippen LogP contribution in [0.1, 0.15) is 5.82 Å². The molecular formula is C18H17ClN4O2. The van der Waals surface area contributed by atoms with Gasteiger partial charge in [-0.15, -0.1) is 0 Å². The molecule has 0 radical (unpaired) electrons. The summed E-state index contributed by atoms with van der Waals surface area (Å²) in [6, 6.07) is 14.4. The third-order valence-corrected chi connectivity index (χ3v) is 3.98. The van der Waals surface area contributed by atoms with Crippen LogP contribution in [0.4, 0.5) is 5.69 Å². The maximum absolute atomic E-state index is 12.4. The molecule has 0 bridgehead atoms. The molecule has 2 amide bonds. The van der Waals surface area contributed by atoms with Crippen LogP contribution in [0, 0.1) is 0 Å². The Kier molecular flexibility index (Phi) is 5.00. The highest BCUT2D eigenvalue weighted by molar-refractivity contribution is 6.30. The van der Waals surface area contributed by atoms with E-state index in [1.807, 2.05) is 24.3 Å². The number of imidazole rings is 1. The van der Waals surface area contributed by atoms with Crippen LogP contribution in [-0.4, -0.2) is 28.4 Å². The molecule has 0 spiro atoms. The summed E-state index contributed by atoms with van der Waals surface area (Å²) in [5.41, 5.74) is 2.18. The van der Waals surface area contributed by atoms with E-state index in [0.29, 0.717) is 16.5 Å². The summed E-state index contributed by atoms with van der Waals surface area (Å²) < 4.78 is 1.75. The van der Waals surface area contributed by atoms with Gasteiger partial charge in [0.2, 0.25) is 11.8 Å². The number of nitrogens with zero attached hydrogens (tertiary/aromatic N) is 2. The second-order valence-electron chi connectivity index (χ2n) is 5.51. The Morgan fingerprint density at radius 2 is 1.92 bits per heavy atom. The van der Waals surface area contributed by atoms with Gasteiger partial charge in [-0.2, -0.15) is 0 Å². The Bertz CT molecular complexity index is 936. The number of fused-ring (bicyclic) bond motifs is 1. The van der Waals surface area contributed by atoms with Crippen molar-refractivity contribution < 1.29 is 9.59 Å². The first-order valence-electron chi connectivity index (χ1n) is 7.77. The third-order valence-electron chi connectivity index (χ3n) is 3.74. The third kappa shape index (κ3) is 3.97. The Balaban J connectivity index is 1.87. The molecule has 3 aromatic rings. The summed E-state index contributed by atoms with van der Waals surface area (Å²) >= 11 is 5.94. The summed E-state index contributed by atoms with van der Waals surface area (Å²) in [5.74, 6) is 0.164. The minimum atomic E-state index is -0.219. The average molecular weight is 357 g/mol. The van der Waals surface area contributed by atoms with Gasteiger partial charge in [-0.1, -0.05) is 29.8 Å². The Morgan fingerprint density at radius 3 is 2.68 bits per heavy atom. The number of amides is 2. The zero-order chi connectivity index (χ0) is 17.8. The highest BCUT2D eigenvalue weighted by Crippen LogP contribution is 2.18. The number of hydrogen-bond acceptors (Lipinski definition) is 3. The molecule has 128 valence electrons. The lowest BCUT2D eigenvalue weighted by atomic mass is 10.3. The zero-order valence-corrected chi connectivity index (χ0v) is 14.4. The monoisotopic (exact) mass is 356 g/mol. The number of aromatic nitrogens is 2. The van der Waals surface area contributed by atoms with Gasteiger partial charge in [-0.05, 0) is 30.3 Å². The van der Waals surface area contributed by atoms with E-state index in [1.54, 1.807) is 35.9 Å². The van der Waals surface area contributed by atoms with Crippen LogP contribution in [0.5, 0.6) is 0 Å². The number of hydrogen-bond donors (Lipinski definition) is 2. The topological polar surface area (TPSA) is 76.0 Å². The van der Waals surface area contributed by atoms with Gasteiger partial charge in [0, 0.05) is 17.8 Å². The summed E-state index contributed by atoms with van der Waals surface area (Å²) in [6.07, 6.45) is 0.107. The summed E-state index contributed by atoms with van der Waals surface area (Å²) in [4.78, 5) is 28.7. The number of benzene rings is 2. The lowest BCUT2D eigenvalue weighted by Crippen LogP contribution is -2.24. The van der Waals surface area contributed by atoms with E-state index >= 15 is 0 Å². The normalized spacial score (nSPS) is 10.6. The van der Waals surface area contributed by atoms with E-state index in [2.05, 4.69) is 15.6 Å². The molecular weight excluding hydrogens is 340 g/mol. The van der Waals surface area contributed by atoms with Crippen LogP contribution in [0.15, 0.2) is 48.5 Å². The maximum Gasteiger partial charge on any atom is 0.244 e. The van der Waals surface area contributed by atoms with E-state index < -0.39 is 0 Å². The second-order valence-corrected chi connectivity index (χ2v) is 5.95. The van der Waals surface area contributed by atoms with Gasteiger partial charge in [-0.25, -0.2) is 4.98 Å². The molecule has 1 aromatic heterocycles. The highest BCUT2D eigenvalue weighted by Gasteiger charge is 2.16. The van der Waals surface area contributed by atoms with Crippen molar-refractivity contribution in [2.75, 3.05) is 12.4 Å². The number of halogens is 1. The molecule has 0 saturated carbocycles. The van der Waals surface area contributed by atoms with Crippen LogP contribution in [0.2, 0.25) is 5.02 Å². The van der Waals surface area contributed by atoms with Gasteiger partial charge < -0.3 is 15.2 Å². The Morgan fingerprint density at radius 1 is 1.12 bits per heavy atom. The number of likely N-dealkylation sites (N-methyl/N-ethyl adjacent to an activating group) is 1. The van der Waals surface area contributed by atoms with Gasteiger partial charge in [0.05, 0.1) is 17.5 Å². The van der Waals surface area contributed by atoms with Crippen LogP contribution in [0.3, 0.4) is 0 Å². The molecule has 0 fully saturated rings. The van der Waals surface area contributed by atoms with E-state index in [4.69, 9.17) is 11.6 Å². The molecule has 0 aliphatic rings. The Labute approximate surface area is 149 Å². The SMILES string of the molecule is CNC(=O)Cc1nc2ccccc2n1CC(=O)Nc1cccc(Cl)c1. The molecule has 7 heteroatoms. The van der Waals surface area contributed by atoms with Crippen molar-refractivity contribution in [3.05, 3.63) is 59.4 Å². The lowest BCUT2D eigenvalue weighted by Gasteiger charge is -2.10. The maximum atomic E-state index is 12.4. The van der Waals surface area contributed by atoms with Crippen molar-refractivity contribution in [1.29, 1.82) is 0 Å². The fraction of sp³-hybridized carbons (Fsp3) is 0.167. The fourth-order valence-electron chi connectivity index (χ4n) is 2.58. The predicted octanol–water partition coefficient (Wildman–Crippen LogP) is 2.62. The molecule has 0 saturated heterocycles. The molecule has 25 heavy (non-hydrogen) atoms. The first-order valence-corrected chi connectivity index (χ1v) is 8.15. The molecule has 3 rings (SSSR count). The first kappa shape index (κ1) is 17.0. The highest BCUT2D eigenvalue weighted by atomic mass is 35.5. The van der Waals surface area contributed by atoms with Crippen molar-refractivity contribution in [3.8, 4) is 0 Å². The van der Waals surface area contributed by atoms with Gasteiger partial charge in [0.15, 0.2) is 0 Å². The number of rotatable bonds is 5.